The Balaban J connectivity index is 1.64. The number of hydrogen-bond acceptors (Lipinski definition) is 5. The third-order valence-electron chi connectivity index (χ3n) is 5.83. The highest BCUT2D eigenvalue weighted by Gasteiger charge is 2.25. The van der Waals surface area contributed by atoms with Crippen molar-refractivity contribution in [1.29, 1.82) is 0 Å². The fourth-order valence-electron chi connectivity index (χ4n) is 4.18. The first-order chi connectivity index (χ1) is 14.5. The van der Waals surface area contributed by atoms with Gasteiger partial charge < -0.3 is 5.32 Å². The van der Waals surface area contributed by atoms with E-state index < -0.39 is 0 Å². The molecule has 1 aromatic carbocycles. The van der Waals surface area contributed by atoms with Crippen LogP contribution in [-0.4, -0.2) is 27.3 Å². The number of thiophene rings is 1. The van der Waals surface area contributed by atoms with Crippen molar-refractivity contribution in [3.63, 3.8) is 0 Å². The molecule has 2 heterocycles. The second-order valence-corrected chi connectivity index (χ2v) is 10.4. The summed E-state index contributed by atoms with van der Waals surface area (Å²) in [5.74, 6) is 0.277. The minimum Gasteiger partial charge on any atom is -0.353 e. The lowest BCUT2D eigenvalue weighted by atomic mass is 9.97. The molecule has 0 bridgehead atoms. The summed E-state index contributed by atoms with van der Waals surface area (Å²) in [6.45, 7) is 4.07. The number of fused-ring (bicyclic) bond motifs is 3. The highest BCUT2D eigenvalue weighted by molar-refractivity contribution is 7.99. The van der Waals surface area contributed by atoms with Crippen molar-refractivity contribution in [2.45, 2.75) is 63.6 Å². The van der Waals surface area contributed by atoms with Crippen LogP contribution in [0.25, 0.3) is 15.9 Å². The van der Waals surface area contributed by atoms with Gasteiger partial charge in [-0.2, -0.15) is 0 Å². The Morgan fingerprint density at radius 2 is 2.07 bits per heavy atom. The van der Waals surface area contributed by atoms with Gasteiger partial charge in [-0.3, -0.25) is 14.2 Å². The van der Waals surface area contributed by atoms with Crippen LogP contribution < -0.4 is 10.9 Å². The molecule has 0 spiro atoms. The molecule has 2 aliphatic carbocycles. The van der Waals surface area contributed by atoms with Gasteiger partial charge in [-0.25, -0.2) is 4.98 Å². The average molecular weight is 440 g/mol. The monoisotopic (exact) mass is 439 g/mol. The molecule has 1 amide bonds. The molecule has 7 heteroatoms. The predicted octanol–water partition coefficient (Wildman–Crippen LogP) is 4.31. The van der Waals surface area contributed by atoms with Crippen LogP contribution in [0.15, 0.2) is 28.2 Å². The number of rotatable bonds is 5. The molecule has 1 saturated carbocycles. The molecule has 2 aliphatic rings. The highest BCUT2D eigenvalue weighted by atomic mass is 32.2. The van der Waals surface area contributed by atoms with E-state index in [2.05, 4.69) is 11.4 Å². The van der Waals surface area contributed by atoms with E-state index in [1.165, 1.54) is 28.6 Å². The fourth-order valence-corrected chi connectivity index (χ4v) is 6.30. The van der Waals surface area contributed by atoms with Crippen LogP contribution in [0.2, 0.25) is 0 Å². The third-order valence-corrected chi connectivity index (χ3v) is 7.95. The average Bonchev–Trinajstić information content (AvgIpc) is 3.44. The van der Waals surface area contributed by atoms with Gasteiger partial charge in [-0.05, 0) is 69.6 Å². The maximum atomic E-state index is 13.8. The molecule has 1 fully saturated rings. The van der Waals surface area contributed by atoms with Gasteiger partial charge >= 0.3 is 0 Å². The van der Waals surface area contributed by atoms with Crippen LogP contribution in [0, 0.1) is 13.8 Å². The molecule has 156 valence electrons. The SMILES string of the molecule is Cc1ccc(-n2c(SCC(=O)NC3CC3)nc3sc4c(c3c2=O)CCCC4)c(C)c1. The van der Waals surface area contributed by atoms with Crippen molar-refractivity contribution in [2.24, 2.45) is 0 Å². The van der Waals surface area contributed by atoms with Gasteiger partial charge in [0, 0.05) is 10.9 Å². The number of benzene rings is 1. The van der Waals surface area contributed by atoms with Gasteiger partial charge in [0.1, 0.15) is 4.83 Å². The van der Waals surface area contributed by atoms with Crippen LogP contribution in [0.5, 0.6) is 0 Å². The normalized spacial score (nSPS) is 15.9. The van der Waals surface area contributed by atoms with Gasteiger partial charge in [0.15, 0.2) is 5.16 Å². The largest absolute Gasteiger partial charge is 0.353 e. The summed E-state index contributed by atoms with van der Waals surface area (Å²) in [7, 11) is 0. The molecule has 0 unspecified atom stereocenters. The number of aryl methyl sites for hydroxylation is 4. The lowest BCUT2D eigenvalue weighted by Gasteiger charge is -2.15. The first-order valence-corrected chi connectivity index (χ1v) is 12.4. The number of hydrogen-bond donors (Lipinski definition) is 1. The number of aromatic nitrogens is 2. The van der Waals surface area contributed by atoms with Crippen molar-refractivity contribution in [1.82, 2.24) is 14.9 Å². The van der Waals surface area contributed by atoms with Crippen molar-refractivity contribution < 1.29 is 4.79 Å². The second kappa shape index (κ2) is 7.85. The minimum absolute atomic E-state index is 0.00328. The van der Waals surface area contributed by atoms with Crippen molar-refractivity contribution in [3.8, 4) is 5.69 Å². The lowest BCUT2D eigenvalue weighted by molar-refractivity contribution is -0.118. The van der Waals surface area contributed by atoms with Crippen molar-refractivity contribution >= 4 is 39.2 Å². The quantitative estimate of drug-likeness (QED) is 0.475. The molecule has 0 atom stereocenters. The number of carbonyl (C=O) groups is 1. The molecular weight excluding hydrogens is 414 g/mol. The zero-order valence-electron chi connectivity index (χ0n) is 17.3. The van der Waals surface area contributed by atoms with E-state index in [0.29, 0.717) is 11.2 Å². The standard InChI is InChI=1S/C23H25N3O2S2/c1-13-7-10-17(14(2)11-13)26-22(28)20-16-5-3-4-6-18(16)30-21(20)25-23(26)29-12-19(27)24-15-8-9-15/h7,10-11,15H,3-6,8-9,12H2,1-2H3,(H,24,27). The van der Waals surface area contributed by atoms with Gasteiger partial charge in [-0.15, -0.1) is 11.3 Å². The molecule has 30 heavy (non-hydrogen) atoms. The Hall–Kier alpha value is -2.12. The van der Waals surface area contributed by atoms with E-state index >= 15 is 0 Å². The van der Waals surface area contributed by atoms with Crippen LogP contribution in [0.4, 0.5) is 0 Å². The zero-order valence-corrected chi connectivity index (χ0v) is 18.9. The predicted molar refractivity (Wildman–Crippen MR) is 123 cm³/mol. The number of nitrogens with zero attached hydrogens (tertiary/aromatic N) is 2. The summed E-state index contributed by atoms with van der Waals surface area (Å²) in [5.41, 5.74) is 4.23. The van der Waals surface area contributed by atoms with Crippen LogP contribution >= 0.6 is 23.1 Å². The summed E-state index contributed by atoms with van der Waals surface area (Å²) in [6, 6.07) is 6.44. The Kier molecular flexibility index (Phi) is 5.19. The van der Waals surface area contributed by atoms with Gasteiger partial charge in [-0.1, -0.05) is 29.5 Å². The van der Waals surface area contributed by atoms with Crippen molar-refractivity contribution in [3.05, 3.63) is 50.1 Å². The van der Waals surface area contributed by atoms with E-state index in [4.69, 9.17) is 4.98 Å². The van der Waals surface area contributed by atoms with Crippen LogP contribution in [-0.2, 0) is 17.6 Å². The summed E-state index contributed by atoms with van der Waals surface area (Å²) >= 11 is 3.01. The molecule has 0 radical (unpaired) electrons. The summed E-state index contributed by atoms with van der Waals surface area (Å²) in [6.07, 6.45) is 6.41. The molecule has 5 nitrogen and oxygen atoms in total. The van der Waals surface area contributed by atoms with E-state index in [-0.39, 0.29) is 17.2 Å². The van der Waals surface area contributed by atoms with E-state index in [1.807, 2.05) is 26.0 Å². The highest BCUT2D eigenvalue weighted by Crippen LogP contribution is 2.35. The second-order valence-electron chi connectivity index (χ2n) is 8.35. The molecule has 0 saturated heterocycles. The van der Waals surface area contributed by atoms with Crippen LogP contribution in [0.1, 0.15) is 47.3 Å². The molecule has 0 aliphatic heterocycles. The summed E-state index contributed by atoms with van der Waals surface area (Å²) < 4.78 is 1.73. The zero-order chi connectivity index (χ0) is 20.8. The number of carbonyl (C=O) groups excluding carboxylic acids is 1. The molecule has 2 aromatic heterocycles. The molecular formula is C23H25N3O2S2. The van der Waals surface area contributed by atoms with E-state index in [9.17, 15) is 9.59 Å². The minimum atomic E-state index is -0.00328. The number of amides is 1. The first kappa shape index (κ1) is 19.8. The molecule has 3 aromatic rings. The topological polar surface area (TPSA) is 64.0 Å². The van der Waals surface area contributed by atoms with Gasteiger partial charge in [0.05, 0.1) is 16.8 Å². The maximum absolute atomic E-state index is 13.8. The lowest BCUT2D eigenvalue weighted by Crippen LogP contribution is -2.28. The fraction of sp³-hybridized carbons (Fsp3) is 0.435. The summed E-state index contributed by atoms with van der Waals surface area (Å²) in [5, 5.41) is 4.40. The number of thioether (sulfide) groups is 1. The Bertz CT molecular complexity index is 1210. The Morgan fingerprint density at radius 1 is 1.27 bits per heavy atom. The van der Waals surface area contributed by atoms with Crippen molar-refractivity contribution in [2.75, 3.05) is 5.75 Å². The van der Waals surface area contributed by atoms with E-state index in [0.717, 1.165) is 59.1 Å². The smallest absolute Gasteiger partial charge is 0.267 e. The maximum Gasteiger partial charge on any atom is 0.267 e. The molecule has 1 N–H and O–H groups in total. The first-order valence-electron chi connectivity index (χ1n) is 10.6. The Labute approximate surface area is 183 Å². The third kappa shape index (κ3) is 3.69. The molecule has 5 rings (SSSR count). The van der Waals surface area contributed by atoms with Gasteiger partial charge in [0.25, 0.3) is 5.56 Å². The summed E-state index contributed by atoms with van der Waals surface area (Å²) in [4.78, 5) is 33.1. The van der Waals surface area contributed by atoms with Gasteiger partial charge in [0.2, 0.25) is 5.91 Å². The van der Waals surface area contributed by atoms with Crippen LogP contribution in [0.3, 0.4) is 0 Å². The van der Waals surface area contributed by atoms with E-state index in [1.54, 1.807) is 15.9 Å². The number of nitrogens with one attached hydrogen (secondary N) is 1. The Morgan fingerprint density at radius 3 is 2.83 bits per heavy atom.